The van der Waals surface area contributed by atoms with Gasteiger partial charge in [0.05, 0.1) is 11.7 Å². The van der Waals surface area contributed by atoms with Crippen LogP contribution in [0.4, 0.5) is 0 Å². The molecule has 1 aromatic carbocycles. The molecule has 2 heterocycles. The molecular weight excluding hydrogens is 238 g/mol. The van der Waals surface area contributed by atoms with Crippen LogP contribution < -0.4 is 5.32 Å². The number of amides is 1. The first-order valence-electron chi connectivity index (χ1n) is 6.49. The maximum absolute atomic E-state index is 11.8. The summed E-state index contributed by atoms with van der Waals surface area (Å²) >= 11 is 0. The molecule has 0 aliphatic carbocycles. The van der Waals surface area contributed by atoms with Crippen molar-refractivity contribution in [2.45, 2.75) is 25.3 Å². The lowest BCUT2D eigenvalue weighted by Crippen LogP contribution is -2.20. The van der Waals surface area contributed by atoms with Crippen LogP contribution in [0.3, 0.4) is 0 Å². The number of aromatic nitrogens is 2. The van der Waals surface area contributed by atoms with Gasteiger partial charge in [-0.05, 0) is 18.1 Å². The lowest BCUT2D eigenvalue weighted by atomic mass is 9.88. The van der Waals surface area contributed by atoms with Crippen LogP contribution in [0.1, 0.15) is 35.2 Å². The lowest BCUT2D eigenvalue weighted by Gasteiger charge is -2.18. The van der Waals surface area contributed by atoms with Crippen molar-refractivity contribution < 1.29 is 4.79 Å². The number of carbonyl (C=O) groups is 1. The molecule has 1 aromatic heterocycles. The predicted molar refractivity (Wildman–Crippen MR) is 72.6 cm³/mol. The van der Waals surface area contributed by atoms with Crippen LogP contribution in [0.2, 0.25) is 0 Å². The molecule has 3 rings (SSSR count). The molecule has 1 saturated heterocycles. The number of benzene rings is 1. The fourth-order valence-corrected chi connectivity index (χ4v) is 2.90. The molecule has 2 aromatic rings. The quantitative estimate of drug-likeness (QED) is 0.893. The molecule has 4 heteroatoms. The van der Waals surface area contributed by atoms with Gasteiger partial charge in [0, 0.05) is 25.6 Å². The summed E-state index contributed by atoms with van der Waals surface area (Å²) in [6.45, 7) is 2.00. The third kappa shape index (κ3) is 2.14. The normalized spacial score (nSPS) is 22.5. The van der Waals surface area contributed by atoms with Gasteiger partial charge < -0.3 is 5.32 Å². The van der Waals surface area contributed by atoms with Crippen molar-refractivity contribution in [1.29, 1.82) is 0 Å². The maximum Gasteiger partial charge on any atom is 0.221 e. The highest BCUT2D eigenvalue weighted by Crippen LogP contribution is 2.39. The van der Waals surface area contributed by atoms with Gasteiger partial charge in [-0.1, -0.05) is 30.3 Å². The Morgan fingerprint density at radius 3 is 2.68 bits per heavy atom. The number of aryl methyl sites for hydroxylation is 2. The average molecular weight is 255 g/mol. The standard InChI is InChI=1S/C15H17N3O/c1-10-13(9-18(2)17-10)12-8-14(19)16-15(12)11-6-4-3-5-7-11/h3-7,9,12,15H,8H2,1-2H3,(H,16,19). The average Bonchev–Trinajstić information content (AvgIpc) is 2.93. The van der Waals surface area contributed by atoms with Gasteiger partial charge in [-0.25, -0.2) is 0 Å². The van der Waals surface area contributed by atoms with Crippen LogP contribution in [0.15, 0.2) is 36.5 Å². The van der Waals surface area contributed by atoms with Gasteiger partial charge in [0.2, 0.25) is 5.91 Å². The molecule has 0 radical (unpaired) electrons. The zero-order chi connectivity index (χ0) is 13.4. The van der Waals surface area contributed by atoms with E-state index >= 15 is 0 Å². The molecule has 98 valence electrons. The Hall–Kier alpha value is -2.10. The van der Waals surface area contributed by atoms with E-state index in [1.54, 1.807) is 0 Å². The van der Waals surface area contributed by atoms with Crippen molar-refractivity contribution in [1.82, 2.24) is 15.1 Å². The van der Waals surface area contributed by atoms with Crippen molar-refractivity contribution in [2.24, 2.45) is 7.05 Å². The highest BCUT2D eigenvalue weighted by Gasteiger charge is 2.36. The van der Waals surface area contributed by atoms with E-state index in [1.807, 2.05) is 43.0 Å². The molecule has 19 heavy (non-hydrogen) atoms. The van der Waals surface area contributed by atoms with Crippen LogP contribution in [-0.2, 0) is 11.8 Å². The number of hydrogen-bond acceptors (Lipinski definition) is 2. The highest BCUT2D eigenvalue weighted by atomic mass is 16.2. The maximum atomic E-state index is 11.8. The van der Waals surface area contributed by atoms with Gasteiger partial charge in [0.15, 0.2) is 0 Å². The van der Waals surface area contributed by atoms with E-state index in [1.165, 1.54) is 0 Å². The van der Waals surface area contributed by atoms with E-state index in [2.05, 4.69) is 22.5 Å². The van der Waals surface area contributed by atoms with Gasteiger partial charge in [-0.2, -0.15) is 5.10 Å². The topological polar surface area (TPSA) is 46.9 Å². The molecule has 1 aliphatic rings. The number of hydrogen-bond donors (Lipinski definition) is 1. The number of nitrogens with zero attached hydrogens (tertiary/aromatic N) is 2. The first-order valence-corrected chi connectivity index (χ1v) is 6.49. The molecule has 2 unspecified atom stereocenters. The molecule has 4 nitrogen and oxygen atoms in total. The molecule has 1 N–H and O–H groups in total. The van der Waals surface area contributed by atoms with Crippen molar-refractivity contribution in [3.05, 3.63) is 53.3 Å². The van der Waals surface area contributed by atoms with E-state index in [0.29, 0.717) is 6.42 Å². The molecule has 1 fully saturated rings. The van der Waals surface area contributed by atoms with Gasteiger partial charge in [-0.15, -0.1) is 0 Å². The summed E-state index contributed by atoms with van der Waals surface area (Å²) in [6, 6.07) is 10.2. The van der Waals surface area contributed by atoms with E-state index in [9.17, 15) is 4.79 Å². The third-order valence-electron chi connectivity index (χ3n) is 3.73. The largest absolute Gasteiger partial charge is 0.349 e. The highest BCUT2D eigenvalue weighted by molar-refractivity contribution is 5.80. The molecule has 2 atom stereocenters. The monoisotopic (exact) mass is 255 g/mol. The van der Waals surface area contributed by atoms with E-state index in [0.717, 1.165) is 16.8 Å². The second-order valence-electron chi connectivity index (χ2n) is 5.11. The van der Waals surface area contributed by atoms with Gasteiger partial charge in [0.1, 0.15) is 0 Å². The van der Waals surface area contributed by atoms with Crippen LogP contribution in [-0.4, -0.2) is 15.7 Å². The van der Waals surface area contributed by atoms with Gasteiger partial charge in [-0.3, -0.25) is 9.48 Å². The Morgan fingerprint density at radius 2 is 2.05 bits per heavy atom. The van der Waals surface area contributed by atoms with Crippen molar-refractivity contribution >= 4 is 5.91 Å². The molecule has 1 amide bonds. The van der Waals surface area contributed by atoms with Crippen molar-refractivity contribution in [3.8, 4) is 0 Å². The summed E-state index contributed by atoms with van der Waals surface area (Å²) in [6.07, 6.45) is 2.56. The minimum Gasteiger partial charge on any atom is -0.349 e. The molecule has 0 bridgehead atoms. The van der Waals surface area contributed by atoms with E-state index in [4.69, 9.17) is 0 Å². The summed E-state index contributed by atoms with van der Waals surface area (Å²) in [5.41, 5.74) is 3.32. The Kier molecular flexibility index (Phi) is 2.85. The zero-order valence-corrected chi connectivity index (χ0v) is 11.1. The van der Waals surface area contributed by atoms with Gasteiger partial charge in [0.25, 0.3) is 0 Å². The van der Waals surface area contributed by atoms with Crippen LogP contribution in [0.5, 0.6) is 0 Å². The molecule has 0 spiro atoms. The third-order valence-corrected chi connectivity index (χ3v) is 3.73. The van der Waals surface area contributed by atoms with E-state index in [-0.39, 0.29) is 17.9 Å². The number of nitrogens with one attached hydrogen (secondary N) is 1. The first-order chi connectivity index (χ1) is 9.15. The molecule has 1 aliphatic heterocycles. The summed E-state index contributed by atoms with van der Waals surface area (Å²) in [4.78, 5) is 11.8. The fourth-order valence-electron chi connectivity index (χ4n) is 2.90. The van der Waals surface area contributed by atoms with Crippen molar-refractivity contribution in [3.63, 3.8) is 0 Å². The smallest absolute Gasteiger partial charge is 0.221 e. The number of rotatable bonds is 2. The molecule has 0 saturated carbocycles. The SMILES string of the molecule is Cc1nn(C)cc1C1CC(=O)NC1c1ccccc1. The number of carbonyl (C=O) groups excluding carboxylic acids is 1. The molecular formula is C15H17N3O. The van der Waals surface area contributed by atoms with Gasteiger partial charge >= 0.3 is 0 Å². The summed E-state index contributed by atoms with van der Waals surface area (Å²) in [7, 11) is 1.91. The zero-order valence-electron chi connectivity index (χ0n) is 11.1. The Balaban J connectivity index is 1.99. The Labute approximate surface area is 112 Å². The summed E-state index contributed by atoms with van der Waals surface area (Å²) in [5.74, 6) is 0.283. The van der Waals surface area contributed by atoms with Crippen LogP contribution in [0.25, 0.3) is 0 Å². The summed E-state index contributed by atoms with van der Waals surface area (Å²) in [5, 5.41) is 7.47. The van der Waals surface area contributed by atoms with E-state index < -0.39 is 0 Å². The second kappa shape index (κ2) is 4.53. The second-order valence-corrected chi connectivity index (χ2v) is 5.11. The van der Waals surface area contributed by atoms with Crippen molar-refractivity contribution in [2.75, 3.05) is 0 Å². The summed E-state index contributed by atoms with van der Waals surface area (Å²) < 4.78 is 1.81. The fraction of sp³-hybridized carbons (Fsp3) is 0.333. The Morgan fingerprint density at radius 1 is 1.32 bits per heavy atom. The predicted octanol–water partition coefficient (Wildman–Crippen LogP) is 2.07. The minimum absolute atomic E-state index is 0.0524. The lowest BCUT2D eigenvalue weighted by molar-refractivity contribution is -0.119. The van der Waals surface area contributed by atoms with Crippen LogP contribution >= 0.6 is 0 Å². The first kappa shape index (κ1) is 12.0. The minimum atomic E-state index is 0.0524. The Bertz CT molecular complexity index is 603. The van der Waals surface area contributed by atoms with Crippen LogP contribution in [0, 0.1) is 6.92 Å².